The summed E-state index contributed by atoms with van der Waals surface area (Å²) in [4.78, 5) is 24.5. The first-order chi connectivity index (χ1) is 14.0. The van der Waals surface area contributed by atoms with Gasteiger partial charge in [-0.2, -0.15) is 0 Å². The first-order valence-electron chi connectivity index (χ1n) is 11.6. The second kappa shape index (κ2) is 8.29. The number of aliphatic hydroxyl groups is 1. The van der Waals surface area contributed by atoms with E-state index in [2.05, 4.69) is 33.8 Å². The third-order valence-electron chi connectivity index (χ3n) is 8.81. The monoisotopic (exact) mass is 420 g/mol. The van der Waals surface area contributed by atoms with E-state index >= 15 is 0 Å². The largest absolute Gasteiger partial charge is 0.461 e. The first-order valence-corrected chi connectivity index (χ1v) is 11.6. The maximum absolute atomic E-state index is 13.3. The molecule has 0 aromatic heterocycles. The van der Waals surface area contributed by atoms with Gasteiger partial charge in [0.15, 0.2) is 6.10 Å². The van der Waals surface area contributed by atoms with Crippen molar-refractivity contribution in [2.75, 3.05) is 13.2 Å². The van der Waals surface area contributed by atoms with Crippen LogP contribution in [0.15, 0.2) is 11.6 Å². The van der Waals surface area contributed by atoms with Crippen LogP contribution >= 0.6 is 0 Å². The van der Waals surface area contributed by atoms with Crippen molar-refractivity contribution in [2.24, 2.45) is 34.0 Å². The van der Waals surface area contributed by atoms with Crippen LogP contribution in [0.4, 0.5) is 0 Å². The molecule has 0 saturated heterocycles. The standard InChI is InChI=1S/C25H40O5/c1-16-8-9-20-24(5)12-7-11-23(3,4)19(24)10-13-25(20,6)21(16)22(28)29-15-18(14-26)30-17(2)27/h8,18-21,26H,7,9-15H2,1-6H3/t18-,19+,20-,21+,24+,25-/m0/s1. The minimum Gasteiger partial charge on any atom is -0.461 e. The Bertz CT molecular complexity index is 710. The summed E-state index contributed by atoms with van der Waals surface area (Å²) >= 11 is 0. The van der Waals surface area contributed by atoms with Crippen molar-refractivity contribution >= 4 is 11.9 Å². The average Bonchev–Trinajstić information content (AvgIpc) is 2.63. The van der Waals surface area contributed by atoms with E-state index in [9.17, 15) is 14.7 Å². The molecule has 3 rings (SSSR count). The lowest BCUT2D eigenvalue weighted by atomic mass is 9.40. The molecule has 0 aromatic carbocycles. The topological polar surface area (TPSA) is 72.8 Å². The molecule has 170 valence electrons. The number of carbonyl (C=O) groups is 2. The van der Waals surface area contributed by atoms with Crippen molar-refractivity contribution in [3.05, 3.63) is 11.6 Å². The Morgan fingerprint density at radius 3 is 2.47 bits per heavy atom. The van der Waals surface area contributed by atoms with Gasteiger partial charge in [0.05, 0.1) is 12.5 Å². The summed E-state index contributed by atoms with van der Waals surface area (Å²) in [6.45, 7) is 12.5. The molecule has 30 heavy (non-hydrogen) atoms. The van der Waals surface area contributed by atoms with Crippen LogP contribution in [-0.2, 0) is 19.1 Å². The minimum absolute atomic E-state index is 0.105. The van der Waals surface area contributed by atoms with E-state index in [0.29, 0.717) is 17.3 Å². The predicted octanol–water partition coefficient (Wildman–Crippen LogP) is 4.67. The highest BCUT2D eigenvalue weighted by molar-refractivity contribution is 5.77. The Balaban J connectivity index is 1.83. The van der Waals surface area contributed by atoms with Gasteiger partial charge in [-0.15, -0.1) is 0 Å². The fraction of sp³-hybridized carbons (Fsp3) is 0.840. The zero-order chi connectivity index (χ0) is 22.3. The van der Waals surface area contributed by atoms with Crippen molar-refractivity contribution in [3.8, 4) is 0 Å². The van der Waals surface area contributed by atoms with E-state index in [-0.39, 0.29) is 35.9 Å². The molecule has 3 aliphatic rings. The number of rotatable bonds is 5. The highest BCUT2D eigenvalue weighted by Gasteiger charge is 2.62. The molecule has 5 nitrogen and oxygen atoms in total. The van der Waals surface area contributed by atoms with Gasteiger partial charge < -0.3 is 14.6 Å². The van der Waals surface area contributed by atoms with E-state index in [0.717, 1.165) is 24.8 Å². The molecule has 2 saturated carbocycles. The fourth-order valence-corrected chi connectivity index (χ4v) is 7.58. The third kappa shape index (κ3) is 3.94. The highest BCUT2D eigenvalue weighted by atomic mass is 16.6. The summed E-state index contributed by atoms with van der Waals surface area (Å²) in [5.41, 5.74) is 1.53. The second-order valence-corrected chi connectivity index (χ2v) is 11.2. The Hall–Kier alpha value is -1.36. The number of carbonyl (C=O) groups excluding carboxylic acids is 2. The SMILES string of the molecule is CC(=O)O[C@@H](CO)COC(=O)[C@H]1C(C)=CC[C@H]2[C@]3(C)CCCC(C)(C)[C@H]3CC[C@]12C. The van der Waals surface area contributed by atoms with Crippen molar-refractivity contribution in [1.82, 2.24) is 0 Å². The number of fused-ring (bicyclic) bond motifs is 3. The van der Waals surface area contributed by atoms with E-state index in [1.54, 1.807) is 0 Å². The number of hydrogen-bond acceptors (Lipinski definition) is 5. The maximum Gasteiger partial charge on any atom is 0.313 e. The van der Waals surface area contributed by atoms with Crippen LogP contribution in [0.2, 0.25) is 0 Å². The lowest BCUT2D eigenvalue weighted by molar-refractivity contribution is -0.177. The zero-order valence-electron chi connectivity index (χ0n) is 19.6. The molecule has 0 heterocycles. The van der Waals surface area contributed by atoms with E-state index < -0.39 is 12.1 Å². The van der Waals surface area contributed by atoms with Gasteiger partial charge >= 0.3 is 11.9 Å². The molecule has 3 aliphatic carbocycles. The van der Waals surface area contributed by atoms with Crippen LogP contribution < -0.4 is 0 Å². The molecule has 0 aromatic rings. The van der Waals surface area contributed by atoms with Gasteiger partial charge in [-0.1, -0.05) is 45.8 Å². The molecule has 0 radical (unpaired) electrons. The lowest BCUT2D eigenvalue weighted by Crippen LogP contribution is -2.58. The van der Waals surface area contributed by atoms with Crippen LogP contribution in [0.1, 0.15) is 80.1 Å². The second-order valence-electron chi connectivity index (χ2n) is 11.2. The van der Waals surface area contributed by atoms with Gasteiger partial charge in [-0.25, -0.2) is 0 Å². The van der Waals surface area contributed by atoms with E-state index in [1.165, 1.54) is 26.2 Å². The molecule has 0 unspecified atom stereocenters. The lowest BCUT2D eigenvalue weighted by Gasteiger charge is -2.64. The molecule has 5 heteroatoms. The van der Waals surface area contributed by atoms with Gasteiger partial charge in [-0.3, -0.25) is 9.59 Å². The molecule has 0 bridgehead atoms. The van der Waals surface area contributed by atoms with Crippen LogP contribution in [0.5, 0.6) is 0 Å². The van der Waals surface area contributed by atoms with Crippen LogP contribution in [0, 0.1) is 34.0 Å². The summed E-state index contributed by atoms with van der Waals surface area (Å²) in [6.07, 6.45) is 8.43. The van der Waals surface area contributed by atoms with Crippen LogP contribution in [0.3, 0.4) is 0 Å². The van der Waals surface area contributed by atoms with E-state index in [4.69, 9.17) is 9.47 Å². The Morgan fingerprint density at radius 2 is 1.83 bits per heavy atom. The van der Waals surface area contributed by atoms with Gasteiger partial charge in [0.25, 0.3) is 0 Å². The summed E-state index contributed by atoms with van der Waals surface area (Å²) in [5.74, 6) is 0.112. The van der Waals surface area contributed by atoms with Crippen molar-refractivity contribution in [2.45, 2.75) is 86.2 Å². The smallest absolute Gasteiger partial charge is 0.313 e. The number of esters is 2. The summed E-state index contributed by atoms with van der Waals surface area (Å²) < 4.78 is 10.6. The molecule has 0 aliphatic heterocycles. The predicted molar refractivity (Wildman–Crippen MR) is 116 cm³/mol. The maximum atomic E-state index is 13.3. The quantitative estimate of drug-likeness (QED) is 0.517. The summed E-state index contributed by atoms with van der Waals surface area (Å²) in [7, 11) is 0. The molecule has 0 amide bonds. The van der Waals surface area contributed by atoms with Gasteiger partial charge in [0, 0.05) is 6.92 Å². The van der Waals surface area contributed by atoms with Crippen LogP contribution in [-0.4, -0.2) is 36.4 Å². The number of aliphatic hydroxyl groups excluding tert-OH is 1. The van der Waals surface area contributed by atoms with Gasteiger partial charge in [0.1, 0.15) is 6.61 Å². The minimum atomic E-state index is -0.810. The molecule has 1 N–H and O–H groups in total. The molecule has 2 fully saturated rings. The number of allylic oxidation sites excluding steroid dienone is 1. The number of ether oxygens (including phenoxy) is 2. The normalized spacial score (nSPS) is 38.5. The average molecular weight is 421 g/mol. The summed E-state index contributed by atoms with van der Waals surface area (Å²) in [5, 5.41) is 9.42. The summed E-state index contributed by atoms with van der Waals surface area (Å²) in [6, 6.07) is 0. The molecular formula is C25H40O5. The fourth-order valence-electron chi connectivity index (χ4n) is 7.58. The van der Waals surface area contributed by atoms with Crippen molar-refractivity contribution in [1.29, 1.82) is 0 Å². The molecule has 6 atom stereocenters. The highest BCUT2D eigenvalue weighted by Crippen LogP contribution is 2.68. The first kappa shape index (κ1) is 23.3. The molecular weight excluding hydrogens is 380 g/mol. The number of hydrogen-bond donors (Lipinski definition) is 1. The van der Waals surface area contributed by atoms with Crippen LogP contribution in [0.25, 0.3) is 0 Å². The van der Waals surface area contributed by atoms with E-state index in [1.807, 2.05) is 6.92 Å². The Morgan fingerprint density at radius 1 is 1.13 bits per heavy atom. The van der Waals surface area contributed by atoms with Gasteiger partial charge in [-0.05, 0) is 67.1 Å². The molecule has 0 spiro atoms. The van der Waals surface area contributed by atoms with Crippen molar-refractivity contribution < 1.29 is 24.2 Å². The van der Waals surface area contributed by atoms with Gasteiger partial charge in [0.2, 0.25) is 0 Å². The zero-order valence-corrected chi connectivity index (χ0v) is 19.6. The Labute approximate surface area is 181 Å². The van der Waals surface area contributed by atoms with Crippen molar-refractivity contribution in [3.63, 3.8) is 0 Å². The third-order valence-corrected chi connectivity index (χ3v) is 8.81. The Kier molecular flexibility index (Phi) is 6.44.